The molecule has 0 N–H and O–H groups in total. The SMILES string of the molecule is CC(=O)C=CC(=CC(C)C)C(C)(C)C. The minimum atomic E-state index is 0.101. The summed E-state index contributed by atoms with van der Waals surface area (Å²) >= 11 is 0. The zero-order valence-corrected chi connectivity index (χ0v) is 10.2. The molecule has 0 amide bonds. The third-order valence-electron chi connectivity index (χ3n) is 1.88. The summed E-state index contributed by atoms with van der Waals surface area (Å²) in [4.78, 5) is 10.8. The molecule has 0 aliphatic heterocycles. The first kappa shape index (κ1) is 13.2. The van der Waals surface area contributed by atoms with Gasteiger partial charge in [-0.1, -0.05) is 46.8 Å². The van der Waals surface area contributed by atoms with E-state index in [0.29, 0.717) is 5.92 Å². The second-order valence-corrected chi connectivity index (χ2v) is 5.06. The molecule has 0 aliphatic carbocycles. The van der Waals surface area contributed by atoms with E-state index >= 15 is 0 Å². The van der Waals surface area contributed by atoms with Crippen LogP contribution in [0.3, 0.4) is 0 Å². The van der Waals surface area contributed by atoms with Crippen molar-refractivity contribution in [3.63, 3.8) is 0 Å². The molecule has 0 aromatic carbocycles. The van der Waals surface area contributed by atoms with Gasteiger partial charge in [-0.15, -0.1) is 0 Å². The average molecular weight is 194 g/mol. The first-order valence-corrected chi connectivity index (χ1v) is 5.14. The number of ketones is 1. The highest BCUT2D eigenvalue weighted by atomic mass is 16.1. The van der Waals surface area contributed by atoms with Crippen LogP contribution in [0.1, 0.15) is 41.5 Å². The topological polar surface area (TPSA) is 17.1 Å². The van der Waals surface area contributed by atoms with Crippen molar-refractivity contribution in [1.29, 1.82) is 0 Å². The van der Waals surface area contributed by atoms with Gasteiger partial charge in [-0.3, -0.25) is 4.79 Å². The third-order valence-corrected chi connectivity index (χ3v) is 1.88. The highest BCUT2D eigenvalue weighted by Gasteiger charge is 2.14. The minimum absolute atomic E-state index is 0.101. The fourth-order valence-corrected chi connectivity index (χ4v) is 1.12. The largest absolute Gasteiger partial charge is 0.295 e. The van der Waals surface area contributed by atoms with Crippen LogP contribution in [0.4, 0.5) is 0 Å². The Bertz CT molecular complexity index is 249. The third kappa shape index (κ3) is 5.74. The Balaban J connectivity index is 4.85. The van der Waals surface area contributed by atoms with Crippen LogP contribution in [-0.4, -0.2) is 5.78 Å². The number of allylic oxidation sites excluding steroid dienone is 4. The normalized spacial score (nSPS) is 14.1. The van der Waals surface area contributed by atoms with Gasteiger partial charge in [-0.2, -0.15) is 0 Å². The Hall–Kier alpha value is -0.850. The summed E-state index contributed by atoms with van der Waals surface area (Å²) in [5, 5.41) is 0. The number of hydrogen-bond donors (Lipinski definition) is 0. The maximum atomic E-state index is 10.8. The van der Waals surface area contributed by atoms with Crippen molar-refractivity contribution in [3.8, 4) is 0 Å². The molecule has 1 nitrogen and oxygen atoms in total. The summed E-state index contributed by atoms with van der Waals surface area (Å²) in [5.74, 6) is 0.615. The lowest BCUT2D eigenvalue weighted by molar-refractivity contribution is -0.112. The van der Waals surface area contributed by atoms with Gasteiger partial charge in [-0.25, -0.2) is 0 Å². The van der Waals surface area contributed by atoms with Crippen molar-refractivity contribution in [2.45, 2.75) is 41.5 Å². The Morgan fingerprint density at radius 1 is 1.14 bits per heavy atom. The first-order chi connectivity index (χ1) is 6.23. The molecule has 0 aliphatic rings. The molecule has 0 spiro atoms. The van der Waals surface area contributed by atoms with E-state index in [-0.39, 0.29) is 11.2 Å². The molecule has 0 aromatic heterocycles. The van der Waals surface area contributed by atoms with E-state index in [4.69, 9.17) is 0 Å². The van der Waals surface area contributed by atoms with Crippen molar-refractivity contribution < 1.29 is 4.79 Å². The van der Waals surface area contributed by atoms with Crippen LogP contribution in [0, 0.1) is 11.3 Å². The summed E-state index contributed by atoms with van der Waals surface area (Å²) in [5.41, 5.74) is 1.33. The molecule has 0 aromatic rings. The maximum Gasteiger partial charge on any atom is 0.152 e. The maximum absolute atomic E-state index is 10.8. The molecule has 0 unspecified atom stereocenters. The molecule has 1 heteroatoms. The Morgan fingerprint density at radius 3 is 1.93 bits per heavy atom. The van der Waals surface area contributed by atoms with Gasteiger partial charge < -0.3 is 0 Å². The average Bonchev–Trinajstić information content (AvgIpc) is 1.94. The second kappa shape index (κ2) is 5.14. The van der Waals surface area contributed by atoms with Gasteiger partial charge in [0.15, 0.2) is 5.78 Å². The zero-order chi connectivity index (χ0) is 11.4. The van der Waals surface area contributed by atoms with Crippen LogP contribution in [0.5, 0.6) is 0 Å². The second-order valence-electron chi connectivity index (χ2n) is 5.06. The molecule has 14 heavy (non-hydrogen) atoms. The highest BCUT2D eigenvalue weighted by Crippen LogP contribution is 2.27. The summed E-state index contributed by atoms with van der Waals surface area (Å²) in [6.07, 6.45) is 5.78. The number of rotatable bonds is 3. The van der Waals surface area contributed by atoms with Gasteiger partial charge in [0, 0.05) is 0 Å². The Labute approximate surface area is 87.9 Å². The van der Waals surface area contributed by atoms with Gasteiger partial charge in [0.25, 0.3) is 0 Å². The van der Waals surface area contributed by atoms with E-state index in [2.05, 4.69) is 40.7 Å². The number of carbonyl (C=O) groups is 1. The summed E-state index contributed by atoms with van der Waals surface area (Å²) in [6, 6.07) is 0. The predicted molar refractivity (Wildman–Crippen MR) is 62.2 cm³/mol. The molecule has 0 radical (unpaired) electrons. The van der Waals surface area contributed by atoms with Gasteiger partial charge in [0.05, 0.1) is 0 Å². The van der Waals surface area contributed by atoms with Crippen molar-refractivity contribution >= 4 is 5.78 Å². The number of carbonyl (C=O) groups excluding carboxylic acids is 1. The van der Waals surface area contributed by atoms with Gasteiger partial charge in [0.1, 0.15) is 0 Å². The number of hydrogen-bond acceptors (Lipinski definition) is 1. The van der Waals surface area contributed by atoms with Crippen LogP contribution in [0.25, 0.3) is 0 Å². The van der Waals surface area contributed by atoms with E-state index < -0.39 is 0 Å². The molecule has 0 rings (SSSR count). The fourth-order valence-electron chi connectivity index (χ4n) is 1.12. The summed E-state index contributed by atoms with van der Waals surface area (Å²) in [7, 11) is 0. The fraction of sp³-hybridized carbons (Fsp3) is 0.615. The van der Waals surface area contributed by atoms with Crippen molar-refractivity contribution in [3.05, 3.63) is 23.8 Å². The minimum Gasteiger partial charge on any atom is -0.295 e. The summed E-state index contributed by atoms with van der Waals surface area (Å²) in [6.45, 7) is 12.3. The van der Waals surface area contributed by atoms with E-state index in [0.717, 1.165) is 0 Å². The Morgan fingerprint density at radius 2 is 1.64 bits per heavy atom. The van der Waals surface area contributed by atoms with Crippen LogP contribution in [-0.2, 0) is 4.79 Å². The molecular formula is C13H22O. The van der Waals surface area contributed by atoms with Gasteiger partial charge in [-0.05, 0) is 29.9 Å². The lowest BCUT2D eigenvalue weighted by atomic mass is 9.84. The van der Waals surface area contributed by atoms with E-state index in [1.165, 1.54) is 5.57 Å². The molecule has 0 fully saturated rings. The van der Waals surface area contributed by atoms with Gasteiger partial charge in [0.2, 0.25) is 0 Å². The van der Waals surface area contributed by atoms with E-state index in [1.54, 1.807) is 13.0 Å². The predicted octanol–water partition coefficient (Wildman–Crippen LogP) is 3.76. The van der Waals surface area contributed by atoms with Crippen molar-refractivity contribution in [2.75, 3.05) is 0 Å². The smallest absolute Gasteiger partial charge is 0.152 e. The van der Waals surface area contributed by atoms with Gasteiger partial charge >= 0.3 is 0 Å². The Kier molecular flexibility index (Phi) is 4.82. The molecule has 0 saturated carbocycles. The molecular weight excluding hydrogens is 172 g/mol. The molecule has 0 heterocycles. The lowest BCUT2D eigenvalue weighted by Crippen LogP contribution is -2.09. The molecule has 80 valence electrons. The highest BCUT2D eigenvalue weighted by molar-refractivity contribution is 5.87. The van der Waals surface area contributed by atoms with Crippen molar-refractivity contribution in [1.82, 2.24) is 0 Å². The zero-order valence-electron chi connectivity index (χ0n) is 10.2. The van der Waals surface area contributed by atoms with Crippen LogP contribution >= 0.6 is 0 Å². The van der Waals surface area contributed by atoms with Crippen molar-refractivity contribution in [2.24, 2.45) is 11.3 Å². The molecule has 0 atom stereocenters. The van der Waals surface area contributed by atoms with Crippen LogP contribution in [0.2, 0.25) is 0 Å². The lowest BCUT2D eigenvalue weighted by Gasteiger charge is -2.21. The van der Waals surface area contributed by atoms with E-state index in [9.17, 15) is 4.79 Å². The van der Waals surface area contributed by atoms with Crippen LogP contribution < -0.4 is 0 Å². The molecule has 0 saturated heterocycles. The monoisotopic (exact) mass is 194 g/mol. The quantitative estimate of drug-likeness (QED) is 0.494. The van der Waals surface area contributed by atoms with Crippen LogP contribution in [0.15, 0.2) is 23.8 Å². The first-order valence-electron chi connectivity index (χ1n) is 5.14. The van der Waals surface area contributed by atoms with E-state index in [1.807, 2.05) is 6.08 Å². The summed E-state index contributed by atoms with van der Waals surface area (Å²) < 4.78 is 0. The standard InChI is InChI=1S/C13H22O/c1-10(2)9-12(13(4,5)6)8-7-11(3)14/h7-10H,1-6H3. The molecule has 0 bridgehead atoms.